The van der Waals surface area contributed by atoms with E-state index in [4.69, 9.17) is 9.84 Å². The molecule has 4 rings (SSSR count). The number of carbonyl (C=O) groups excluding carboxylic acids is 1. The summed E-state index contributed by atoms with van der Waals surface area (Å²) >= 11 is 0. The van der Waals surface area contributed by atoms with Gasteiger partial charge in [-0.05, 0) is 41.5 Å². The van der Waals surface area contributed by atoms with E-state index in [-0.39, 0.29) is 17.9 Å². The third-order valence-electron chi connectivity index (χ3n) is 4.96. The first-order chi connectivity index (χ1) is 15.0. The second-order valence-corrected chi connectivity index (χ2v) is 7.10. The molecule has 0 amide bonds. The third-order valence-corrected chi connectivity index (χ3v) is 4.96. The third kappa shape index (κ3) is 4.53. The van der Waals surface area contributed by atoms with E-state index in [0.717, 1.165) is 11.1 Å². The predicted molar refractivity (Wildman–Crippen MR) is 115 cm³/mol. The van der Waals surface area contributed by atoms with Crippen LogP contribution >= 0.6 is 0 Å². The minimum Gasteiger partial charge on any atom is -0.507 e. The number of fused-ring (bicyclic) bond motifs is 1. The van der Waals surface area contributed by atoms with Crippen LogP contribution in [0.4, 0.5) is 0 Å². The quantitative estimate of drug-likeness (QED) is 0.449. The Morgan fingerprint density at radius 1 is 0.871 bits per heavy atom. The van der Waals surface area contributed by atoms with Gasteiger partial charge in [0.25, 0.3) is 0 Å². The number of esters is 1. The number of aromatic nitrogens is 1. The number of aromatic hydroxyl groups is 1. The number of hydrogen-bond acceptors (Lipinski definition) is 5. The maximum atomic E-state index is 12.5. The van der Waals surface area contributed by atoms with Crippen molar-refractivity contribution in [3.63, 3.8) is 0 Å². The van der Waals surface area contributed by atoms with E-state index in [2.05, 4.69) is 4.98 Å². The predicted octanol–water partition coefficient (Wildman–Crippen LogP) is 4.59. The van der Waals surface area contributed by atoms with Gasteiger partial charge in [0, 0.05) is 23.6 Å². The van der Waals surface area contributed by atoms with E-state index in [1.165, 1.54) is 12.1 Å². The molecule has 1 aromatic heterocycles. The molecule has 4 aromatic rings. The summed E-state index contributed by atoms with van der Waals surface area (Å²) in [5, 5.41) is 20.2. The Kier molecular flexibility index (Phi) is 5.62. The van der Waals surface area contributed by atoms with E-state index in [1.54, 1.807) is 36.5 Å². The normalized spacial score (nSPS) is 10.7. The lowest BCUT2D eigenvalue weighted by Crippen LogP contribution is -2.05. The largest absolute Gasteiger partial charge is 0.507 e. The Hall–Kier alpha value is -4.19. The maximum absolute atomic E-state index is 12.5. The summed E-state index contributed by atoms with van der Waals surface area (Å²) in [5.41, 5.74) is 3.37. The van der Waals surface area contributed by atoms with Crippen molar-refractivity contribution in [1.82, 2.24) is 4.98 Å². The first-order valence-electron chi connectivity index (χ1n) is 9.65. The Labute approximate surface area is 178 Å². The van der Waals surface area contributed by atoms with Crippen molar-refractivity contribution in [3.05, 3.63) is 107 Å². The minimum absolute atomic E-state index is 0.0324. The zero-order chi connectivity index (χ0) is 21.8. The monoisotopic (exact) mass is 413 g/mol. The number of hydrogen-bond donors (Lipinski definition) is 2. The number of nitrogens with zero attached hydrogens (tertiary/aromatic N) is 1. The van der Waals surface area contributed by atoms with Crippen LogP contribution in [0.2, 0.25) is 0 Å². The average Bonchev–Trinajstić information content (AvgIpc) is 2.80. The van der Waals surface area contributed by atoms with Gasteiger partial charge < -0.3 is 14.9 Å². The van der Waals surface area contributed by atoms with E-state index in [9.17, 15) is 14.7 Å². The highest BCUT2D eigenvalue weighted by Gasteiger charge is 2.14. The van der Waals surface area contributed by atoms with Gasteiger partial charge in [0.05, 0.1) is 16.6 Å². The second kappa shape index (κ2) is 8.67. The highest BCUT2D eigenvalue weighted by atomic mass is 16.5. The van der Waals surface area contributed by atoms with E-state index < -0.39 is 11.9 Å². The number of aromatic carboxylic acids is 1. The Morgan fingerprint density at radius 2 is 1.58 bits per heavy atom. The van der Waals surface area contributed by atoms with Crippen LogP contribution in [0.3, 0.4) is 0 Å². The van der Waals surface area contributed by atoms with Crippen LogP contribution in [0.1, 0.15) is 37.4 Å². The highest BCUT2D eigenvalue weighted by molar-refractivity contribution is 5.96. The lowest BCUT2D eigenvalue weighted by molar-refractivity contribution is 0.0472. The van der Waals surface area contributed by atoms with Gasteiger partial charge in [0.2, 0.25) is 0 Å². The molecule has 0 aliphatic heterocycles. The molecule has 0 spiro atoms. The molecule has 6 heteroatoms. The van der Waals surface area contributed by atoms with Gasteiger partial charge in [0.1, 0.15) is 12.4 Å². The van der Waals surface area contributed by atoms with Gasteiger partial charge in [-0.15, -0.1) is 0 Å². The Morgan fingerprint density at radius 3 is 2.29 bits per heavy atom. The van der Waals surface area contributed by atoms with E-state index in [0.29, 0.717) is 28.5 Å². The fourth-order valence-corrected chi connectivity index (χ4v) is 3.27. The molecule has 154 valence electrons. The average molecular weight is 413 g/mol. The SMILES string of the molecule is O=C(O)c1ccc(Cc2cnc3ccc(C(=O)OCc4ccccc4)cc3c2O)cc1. The standard InChI is InChI=1S/C25H19NO5/c27-23-20(12-16-6-8-18(9-7-16)24(28)29)14-26-22-11-10-19(13-21(22)23)25(30)31-15-17-4-2-1-3-5-17/h1-11,13-14H,12,15H2,(H,26,27)(H,28,29). The van der Waals surface area contributed by atoms with Crippen molar-refractivity contribution in [1.29, 1.82) is 0 Å². The molecule has 0 unspecified atom stereocenters. The van der Waals surface area contributed by atoms with Crippen molar-refractivity contribution in [2.45, 2.75) is 13.0 Å². The Bertz CT molecular complexity index is 1250. The summed E-state index contributed by atoms with van der Waals surface area (Å²) in [7, 11) is 0. The van der Waals surface area contributed by atoms with Gasteiger partial charge in [0.15, 0.2) is 0 Å². The minimum atomic E-state index is -0.992. The summed E-state index contributed by atoms with van der Waals surface area (Å²) in [5.74, 6) is -1.45. The molecule has 2 N–H and O–H groups in total. The van der Waals surface area contributed by atoms with Gasteiger partial charge >= 0.3 is 11.9 Å². The number of rotatable bonds is 6. The molecule has 0 saturated heterocycles. The lowest BCUT2D eigenvalue weighted by Gasteiger charge is -2.10. The first-order valence-corrected chi connectivity index (χ1v) is 9.65. The van der Waals surface area contributed by atoms with Crippen LogP contribution in [0.15, 0.2) is 79.0 Å². The number of carboxylic acid groups (broad SMARTS) is 1. The molecule has 31 heavy (non-hydrogen) atoms. The van der Waals surface area contributed by atoms with Crippen LogP contribution in [-0.4, -0.2) is 27.1 Å². The molecule has 0 bridgehead atoms. The smallest absolute Gasteiger partial charge is 0.338 e. The number of carboxylic acids is 1. The number of carbonyl (C=O) groups is 2. The van der Waals surface area contributed by atoms with Crippen molar-refractivity contribution in [2.75, 3.05) is 0 Å². The zero-order valence-corrected chi connectivity index (χ0v) is 16.5. The summed E-state index contributed by atoms with van der Waals surface area (Å²) in [6.45, 7) is 0.161. The fraction of sp³-hybridized carbons (Fsp3) is 0.0800. The van der Waals surface area contributed by atoms with Crippen LogP contribution in [-0.2, 0) is 17.8 Å². The van der Waals surface area contributed by atoms with Crippen molar-refractivity contribution in [2.24, 2.45) is 0 Å². The molecular formula is C25H19NO5. The molecule has 0 radical (unpaired) electrons. The van der Waals surface area contributed by atoms with Crippen molar-refractivity contribution >= 4 is 22.8 Å². The Balaban J connectivity index is 1.56. The topological polar surface area (TPSA) is 96.7 Å². The summed E-state index contributed by atoms with van der Waals surface area (Å²) in [4.78, 5) is 27.8. The number of ether oxygens (including phenoxy) is 1. The van der Waals surface area contributed by atoms with Crippen molar-refractivity contribution < 1.29 is 24.5 Å². The van der Waals surface area contributed by atoms with E-state index in [1.807, 2.05) is 30.3 Å². The molecule has 0 aliphatic carbocycles. The molecule has 6 nitrogen and oxygen atoms in total. The number of benzene rings is 3. The maximum Gasteiger partial charge on any atom is 0.338 e. The van der Waals surface area contributed by atoms with Gasteiger partial charge in [-0.2, -0.15) is 0 Å². The summed E-state index contributed by atoms with van der Waals surface area (Å²) in [6.07, 6.45) is 1.95. The fourth-order valence-electron chi connectivity index (χ4n) is 3.27. The molecular weight excluding hydrogens is 394 g/mol. The molecule has 3 aromatic carbocycles. The molecule has 0 fully saturated rings. The molecule has 0 atom stereocenters. The zero-order valence-electron chi connectivity index (χ0n) is 16.5. The summed E-state index contributed by atoms with van der Waals surface area (Å²) < 4.78 is 5.37. The number of pyridine rings is 1. The van der Waals surface area contributed by atoms with Gasteiger partial charge in [-0.3, -0.25) is 4.98 Å². The first kappa shape index (κ1) is 20.1. The second-order valence-electron chi connectivity index (χ2n) is 7.10. The van der Waals surface area contributed by atoms with Gasteiger partial charge in [-0.25, -0.2) is 9.59 Å². The molecule has 0 saturated carbocycles. The lowest BCUT2D eigenvalue weighted by atomic mass is 10.0. The van der Waals surface area contributed by atoms with Crippen LogP contribution < -0.4 is 0 Å². The highest BCUT2D eigenvalue weighted by Crippen LogP contribution is 2.30. The van der Waals surface area contributed by atoms with Crippen LogP contribution in [0, 0.1) is 0 Å². The van der Waals surface area contributed by atoms with Gasteiger partial charge in [-0.1, -0.05) is 42.5 Å². The van der Waals surface area contributed by atoms with Crippen molar-refractivity contribution in [3.8, 4) is 5.75 Å². The van der Waals surface area contributed by atoms with E-state index >= 15 is 0 Å². The van der Waals surface area contributed by atoms with Crippen LogP contribution in [0.25, 0.3) is 10.9 Å². The summed E-state index contributed by atoms with van der Waals surface area (Å²) in [6, 6.07) is 20.7. The molecule has 0 aliphatic rings. The van der Waals surface area contributed by atoms with Crippen LogP contribution in [0.5, 0.6) is 5.75 Å². The molecule has 1 heterocycles.